The molecule has 0 aliphatic carbocycles. The number of amides is 1. The van der Waals surface area contributed by atoms with E-state index in [0.717, 1.165) is 5.56 Å². The number of nitrogens with zero attached hydrogens (tertiary/aromatic N) is 5. The summed E-state index contributed by atoms with van der Waals surface area (Å²) in [6.07, 6.45) is 0. The van der Waals surface area contributed by atoms with Gasteiger partial charge in [0.05, 0.1) is 35.1 Å². The Morgan fingerprint density at radius 1 is 1.08 bits per heavy atom. The van der Waals surface area contributed by atoms with Crippen LogP contribution in [0, 0.1) is 22.9 Å². The number of ether oxygens (including phenoxy) is 1. The molecule has 3 aromatic carbocycles. The van der Waals surface area contributed by atoms with E-state index >= 15 is 0 Å². The lowest BCUT2D eigenvalue weighted by Crippen LogP contribution is -2.39. The van der Waals surface area contributed by atoms with E-state index in [0.29, 0.717) is 54.4 Å². The molecule has 13 heteroatoms. The number of hydrogen-bond donors (Lipinski definition) is 2. The summed E-state index contributed by atoms with van der Waals surface area (Å²) in [4.78, 5) is 27.3. The van der Waals surface area contributed by atoms with Gasteiger partial charge in [0.2, 0.25) is 0 Å². The molecule has 1 saturated heterocycles. The van der Waals surface area contributed by atoms with E-state index in [1.54, 1.807) is 24.3 Å². The molecule has 1 aliphatic rings. The molecule has 5 rings (SSSR count). The van der Waals surface area contributed by atoms with Crippen LogP contribution in [0.4, 0.5) is 21.5 Å². The summed E-state index contributed by atoms with van der Waals surface area (Å²) >= 11 is 5.39. The Balaban J connectivity index is 1.36. The normalized spacial score (nSPS) is 13.4. The second-order valence-corrected chi connectivity index (χ2v) is 9.00. The van der Waals surface area contributed by atoms with Crippen molar-refractivity contribution in [3.05, 3.63) is 81.7 Å². The van der Waals surface area contributed by atoms with Crippen LogP contribution in [0.1, 0.15) is 15.9 Å². The van der Waals surface area contributed by atoms with Crippen LogP contribution >= 0.6 is 12.2 Å². The van der Waals surface area contributed by atoms with Gasteiger partial charge in [-0.25, -0.2) is 4.39 Å². The van der Waals surface area contributed by atoms with Crippen LogP contribution in [0.2, 0.25) is 0 Å². The Hall–Kier alpha value is -4.49. The molecule has 1 fully saturated rings. The van der Waals surface area contributed by atoms with E-state index in [1.807, 2.05) is 17.9 Å². The zero-order valence-corrected chi connectivity index (χ0v) is 21.0. The summed E-state index contributed by atoms with van der Waals surface area (Å²) in [6.45, 7) is 3.94. The maximum Gasteiger partial charge on any atom is 0.270 e. The molecule has 2 N–H and O–H groups in total. The lowest BCUT2D eigenvalue weighted by Gasteiger charge is -2.30. The molecule has 38 heavy (non-hydrogen) atoms. The minimum Gasteiger partial charge on any atom is -0.378 e. The van der Waals surface area contributed by atoms with Gasteiger partial charge in [-0.1, -0.05) is 0 Å². The molecule has 0 radical (unpaired) electrons. The summed E-state index contributed by atoms with van der Waals surface area (Å²) in [7, 11) is 0. The molecule has 0 saturated carbocycles. The number of rotatable bonds is 5. The van der Waals surface area contributed by atoms with Crippen LogP contribution in [-0.4, -0.2) is 57.2 Å². The molecule has 11 nitrogen and oxygen atoms in total. The Kier molecular flexibility index (Phi) is 6.94. The van der Waals surface area contributed by atoms with Crippen molar-refractivity contribution in [2.75, 3.05) is 36.5 Å². The number of nitrogens with one attached hydrogen (secondary N) is 2. The zero-order chi connectivity index (χ0) is 26.8. The highest BCUT2D eigenvalue weighted by Crippen LogP contribution is 2.27. The van der Waals surface area contributed by atoms with Crippen molar-refractivity contribution in [2.24, 2.45) is 0 Å². The highest BCUT2D eigenvalue weighted by molar-refractivity contribution is 7.80. The number of benzene rings is 3. The number of fused-ring (bicyclic) bond motifs is 1. The Morgan fingerprint density at radius 2 is 1.76 bits per heavy atom. The third-order valence-corrected chi connectivity index (χ3v) is 6.25. The van der Waals surface area contributed by atoms with Crippen LogP contribution in [0.25, 0.3) is 16.7 Å². The maximum absolute atomic E-state index is 13.3. The lowest BCUT2D eigenvalue weighted by atomic mass is 10.1. The second kappa shape index (κ2) is 10.5. The molecule has 2 heterocycles. The first-order valence-electron chi connectivity index (χ1n) is 11.7. The van der Waals surface area contributed by atoms with Crippen LogP contribution in [0.3, 0.4) is 0 Å². The topological polar surface area (TPSA) is 127 Å². The summed E-state index contributed by atoms with van der Waals surface area (Å²) in [5.41, 5.74) is 3.69. The van der Waals surface area contributed by atoms with Gasteiger partial charge >= 0.3 is 0 Å². The van der Waals surface area contributed by atoms with Crippen molar-refractivity contribution in [3.8, 4) is 5.69 Å². The summed E-state index contributed by atoms with van der Waals surface area (Å²) in [5, 5.41) is 25.9. The number of anilines is 2. The average Bonchev–Trinajstić information content (AvgIpc) is 3.32. The van der Waals surface area contributed by atoms with E-state index in [9.17, 15) is 19.3 Å². The van der Waals surface area contributed by atoms with Crippen molar-refractivity contribution in [2.45, 2.75) is 6.92 Å². The number of aryl methyl sites for hydroxylation is 1. The number of thiocarbonyl (C=S) groups is 1. The zero-order valence-electron chi connectivity index (χ0n) is 20.2. The Labute approximate surface area is 221 Å². The predicted octanol–water partition coefficient (Wildman–Crippen LogP) is 3.74. The van der Waals surface area contributed by atoms with Crippen molar-refractivity contribution >= 4 is 51.3 Å². The number of morpholine rings is 1. The van der Waals surface area contributed by atoms with E-state index in [-0.39, 0.29) is 22.2 Å². The van der Waals surface area contributed by atoms with E-state index in [2.05, 4.69) is 20.8 Å². The number of hydrogen-bond acceptors (Lipinski definition) is 8. The third kappa shape index (κ3) is 5.28. The van der Waals surface area contributed by atoms with Gasteiger partial charge in [0.1, 0.15) is 16.9 Å². The molecule has 1 amide bonds. The van der Waals surface area contributed by atoms with Crippen LogP contribution in [-0.2, 0) is 4.74 Å². The van der Waals surface area contributed by atoms with Crippen LogP contribution < -0.4 is 15.5 Å². The Bertz CT molecular complexity index is 1550. The van der Waals surface area contributed by atoms with Crippen molar-refractivity contribution in [1.82, 2.24) is 20.3 Å². The van der Waals surface area contributed by atoms with E-state index in [1.165, 1.54) is 29.1 Å². The molecular formula is C25H22FN7O4S. The van der Waals surface area contributed by atoms with Gasteiger partial charge in [0.25, 0.3) is 11.6 Å². The van der Waals surface area contributed by atoms with Gasteiger partial charge < -0.3 is 15.0 Å². The monoisotopic (exact) mass is 535 g/mol. The fourth-order valence-electron chi connectivity index (χ4n) is 4.12. The number of aromatic nitrogens is 3. The van der Waals surface area contributed by atoms with Gasteiger partial charge in [0.15, 0.2) is 5.11 Å². The van der Waals surface area contributed by atoms with Gasteiger partial charge in [0, 0.05) is 30.9 Å². The van der Waals surface area contributed by atoms with Gasteiger partial charge in [-0.05, 0) is 67.2 Å². The van der Waals surface area contributed by atoms with E-state index < -0.39 is 10.8 Å². The molecule has 0 spiro atoms. The summed E-state index contributed by atoms with van der Waals surface area (Å²) in [6, 6.07) is 13.5. The minimum atomic E-state index is -0.575. The number of non-ortho nitro benzene ring substituents is 1. The van der Waals surface area contributed by atoms with Crippen molar-refractivity contribution in [1.29, 1.82) is 0 Å². The predicted molar refractivity (Wildman–Crippen MR) is 143 cm³/mol. The van der Waals surface area contributed by atoms with Gasteiger partial charge in [-0.3, -0.25) is 20.2 Å². The average molecular weight is 536 g/mol. The lowest BCUT2D eigenvalue weighted by molar-refractivity contribution is -0.384. The number of carbonyl (C=O) groups excluding carboxylic acids is 1. The van der Waals surface area contributed by atoms with Gasteiger partial charge in [-0.15, -0.1) is 10.2 Å². The first kappa shape index (κ1) is 25.2. The molecule has 194 valence electrons. The molecular weight excluding hydrogens is 513 g/mol. The van der Waals surface area contributed by atoms with Crippen LogP contribution in [0.5, 0.6) is 0 Å². The quantitative estimate of drug-likeness (QED) is 0.223. The number of halogens is 1. The second-order valence-electron chi connectivity index (χ2n) is 8.59. The summed E-state index contributed by atoms with van der Waals surface area (Å²) in [5.74, 6) is -0.931. The highest BCUT2D eigenvalue weighted by Gasteiger charge is 2.23. The molecule has 0 atom stereocenters. The first-order valence-corrected chi connectivity index (χ1v) is 12.1. The number of carbonyl (C=O) groups is 1. The minimum absolute atomic E-state index is 0.0165. The SMILES string of the molecule is Cc1cc2nn(-c3ccc(F)cc3)nc2cc1NC(=S)NC(=O)c1cc([N+](=O)[O-])ccc1N1CCOCC1. The smallest absolute Gasteiger partial charge is 0.270 e. The largest absolute Gasteiger partial charge is 0.378 e. The fraction of sp³-hybridized carbons (Fsp3) is 0.200. The maximum atomic E-state index is 13.3. The van der Waals surface area contributed by atoms with E-state index in [4.69, 9.17) is 17.0 Å². The highest BCUT2D eigenvalue weighted by atomic mass is 32.1. The summed E-state index contributed by atoms with van der Waals surface area (Å²) < 4.78 is 18.6. The fourth-order valence-corrected chi connectivity index (χ4v) is 4.32. The molecule has 0 unspecified atom stereocenters. The first-order chi connectivity index (χ1) is 18.3. The number of nitro benzene ring substituents is 1. The van der Waals surface area contributed by atoms with Crippen molar-refractivity contribution in [3.63, 3.8) is 0 Å². The molecule has 1 aromatic heterocycles. The molecule has 4 aromatic rings. The van der Waals surface area contributed by atoms with Gasteiger partial charge in [-0.2, -0.15) is 4.80 Å². The van der Waals surface area contributed by atoms with Crippen LogP contribution in [0.15, 0.2) is 54.6 Å². The molecule has 1 aliphatic heterocycles. The number of nitro groups is 1. The third-order valence-electron chi connectivity index (χ3n) is 6.05. The standard InChI is InChI=1S/C25H22FN7O4S/c1-15-12-21-22(30-32(29-21)17-4-2-16(26)3-5-17)14-20(15)27-25(38)28-24(34)19-13-18(33(35)36)6-7-23(19)31-8-10-37-11-9-31/h2-7,12-14H,8-11H2,1H3,(H2,27,28,34,38). The Morgan fingerprint density at radius 3 is 2.45 bits per heavy atom. The van der Waals surface area contributed by atoms with Crippen molar-refractivity contribution < 1.29 is 18.8 Å². The molecule has 0 bridgehead atoms.